The van der Waals surface area contributed by atoms with Crippen molar-refractivity contribution in [3.05, 3.63) is 0 Å². The molecule has 0 bridgehead atoms. The molecule has 5 nitrogen and oxygen atoms in total. The Bertz CT molecular complexity index is 321. The van der Waals surface area contributed by atoms with Crippen LogP contribution in [0.2, 0.25) is 19.1 Å². The number of amides is 1. The van der Waals surface area contributed by atoms with Crippen molar-refractivity contribution in [2.45, 2.75) is 76.9 Å². The SMILES string of the molecule is CO[Si](C)(C)CCCCCCCCCCC(=O)NCC(=O)O. The van der Waals surface area contributed by atoms with E-state index in [1.54, 1.807) is 0 Å². The van der Waals surface area contributed by atoms with Gasteiger partial charge < -0.3 is 14.8 Å². The van der Waals surface area contributed by atoms with Gasteiger partial charge in [0.2, 0.25) is 5.91 Å². The molecule has 0 aliphatic rings. The molecule has 0 radical (unpaired) electrons. The Balaban J connectivity index is 3.27. The van der Waals surface area contributed by atoms with E-state index in [0.29, 0.717) is 6.42 Å². The van der Waals surface area contributed by atoms with Crippen LogP contribution in [0.25, 0.3) is 0 Å². The first kappa shape index (κ1) is 21.1. The molecule has 0 heterocycles. The molecule has 0 saturated heterocycles. The molecule has 0 aromatic carbocycles. The molecule has 6 heteroatoms. The molecule has 0 fully saturated rings. The van der Waals surface area contributed by atoms with E-state index in [-0.39, 0.29) is 12.5 Å². The summed E-state index contributed by atoms with van der Waals surface area (Å²) < 4.78 is 5.53. The Labute approximate surface area is 135 Å². The lowest BCUT2D eigenvalue weighted by atomic mass is 10.1. The van der Waals surface area contributed by atoms with E-state index in [9.17, 15) is 9.59 Å². The molecule has 22 heavy (non-hydrogen) atoms. The monoisotopic (exact) mass is 331 g/mol. The smallest absolute Gasteiger partial charge is 0.322 e. The number of carboxylic acid groups (broad SMARTS) is 1. The summed E-state index contributed by atoms with van der Waals surface area (Å²) in [6.07, 6.45) is 9.82. The van der Waals surface area contributed by atoms with Crippen molar-refractivity contribution in [2.24, 2.45) is 0 Å². The summed E-state index contributed by atoms with van der Waals surface area (Å²) in [6, 6.07) is 1.24. The highest BCUT2D eigenvalue weighted by Crippen LogP contribution is 2.16. The minimum atomic E-state index is -1.36. The van der Waals surface area contributed by atoms with Gasteiger partial charge >= 0.3 is 5.97 Å². The van der Waals surface area contributed by atoms with Gasteiger partial charge in [0.1, 0.15) is 6.54 Å². The molecular formula is C16H33NO4Si. The maximum absolute atomic E-state index is 11.3. The van der Waals surface area contributed by atoms with Crippen LogP contribution in [-0.2, 0) is 14.0 Å². The van der Waals surface area contributed by atoms with Gasteiger partial charge in [-0.25, -0.2) is 0 Å². The Morgan fingerprint density at radius 1 is 0.955 bits per heavy atom. The minimum Gasteiger partial charge on any atom is -0.480 e. The van der Waals surface area contributed by atoms with Crippen LogP contribution in [0.4, 0.5) is 0 Å². The largest absolute Gasteiger partial charge is 0.480 e. The first-order valence-electron chi connectivity index (χ1n) is 8.41. The number of carbonyl (C=O) groups excluding carboxylic acids is 1. The standard InChI is InChI=1S/C16H33NO4Si/c1-21-22(2,3)13-11-9-7-5-4-6-8-10-12-15(18)17-14-16(19)20/h4-14H2,1-3H3,(H,17,18)(H,19,20). The topological polar surface area (TPSA) is 75.6 Å². The number of aliphatic carboxylic acids is 1. The average molecular weight is 332 g/mol. The zero-order valence-corrected chi connectivity index (χ0v) is 15.5. The zero-order chi connectivity index (χ0) is 16.8. The Morgan fingerprint density at radius 3 is 1.95 bits per heavy atom. The molecular weight excluding hydrogens is 298 g/mol. The number of carbonyl (C=O) groups is 2. The van der Waals surface area contributed by atoms with E-state index in [4.69, 9.17) is 9.53 Å². The Kier molecular flexibility index (Phi) is 12.1. The fraction of sp³-hybridized carbons (Fsp3) is 0.875. The number of nitrogens with one attached hydrogen (secondary N) is 1. The Hall–Kier alpha value is -0.883. The van der Waals surface area contributed by atoms with E-state index < -0.39 is 14.3 Å². The summed E-state index contributed by atoms with van der Waals surface area (Å²) in [5.74, 6) is -1.16. The number of unbranched alkanes of at least 4 members (excludes halogenated alkanes) is 7. The number of carboxylic acids is 1. The number of rotatable bonds is 14. The van der Waals surface area contributed by atoms with E-state index in [2.05, 4.69) is 18.4 Å². The molecule has 0 atom stereocenters. The van der Waals surface area contributed by atoms with Crippen molar-refractivity contribution in [1.82, 2.24) is 5.32 Å². The summed E-state index contributed by atoms with van der Waals surface area (Å²) in [4.78, 5) is 21.6. The van der Waals surface area contributed by atoms with Crippen LogP contribution >= 0.6 is 0 Å². The highest BCUT2D eigenvalue weighted by atomic mass is 28.4. The first-order chi connectivity index (χ1) is 10.4. The molecule has 0 saturated carbocycles. The normalized spacial score (nSPS) is 11.4. The van der Waals surface area contributed by atoms with Gasteiger partial charge in [-0.05, 0) is 25.6 Å². The molecule has 130 valence electrons. The predicted molar refractivity (Wildman–Crippen MR) is 91.5 cm³/mol. The van der Waals surface area contributed by atoms with Crippen molar-refractivity contribution in [3.63, 3.8) is 0 Å². The van der Waals surface area contributed by atoms with Crippen LogP contribution in [0, 0.1) is 0 Å². The van der Waals surface area contributed by atoms with Crippen LogP contribution in [0.1, 0.15) is 57.8 Å². The van der Waals surface area contributed by atoms with Crippen LogP contribution in [0.15, 0.2) is 0 Å². The summed E-state index contributed by atoms with van der Waals surface area (Å²) in [6.45, 7) is 4.25. The predicted octanol–water partition coefficient (Wildman–Crippen LogP) is 3.55. The summed E-state index contributed by atoms with van der Waals surface area (Å²) in [7, 11) is 0.465. The molecule has 0 aliphatic heterocycles. The van der Waals surface area contributed by atoms with Crippen molar-refractivity contribution < 1.29 is 19.1 Å². The van der Waals surface area contributed by atoms with Gasteiger partial charge in [0.25, 0.3) is 0 Å². The third kappa shape index (κ3) is 14.1. The second-order valence-corrected chi connectivity index (χ2v) is 10.9. The number of hydrogen-bond donors (Lipinski definition) is 2. The third-order valence-corrected chi connectivity index (χ3v) is 6.58. The molecule has 0 rings (SSSR count). The fourth-order valence-electron chi connectivity index (χ4n) is 2.26. The minimum absolute atomic E-state index is 0.160. The lowest BCUT2D eigenvalue weighted by Crippen LogP contribution is -2.28. The van der Waals surface area contributed by atoms with Crippen LogP contribution in [-0.4, -0.2) is 39.0 Å². The highest BCUT2D eigenvalue weighted by Gasteiger charge is 2.18. The maximum atomic E-state index is 11.3. The molecule has 0 aromatic heterocycles. The van der Waals surface area contributed by atoms with Gasteiger partial charge in [-0.1, -0.05) is 44.9 Å². The molecule has 1 amide bonds. The zero-order valence-electron chi connectivity index (χ0n) is 14.5. The lowest BCUT2D eigenvalue weighted by molar-refractivity contribution is -0.137. The van der Waals surface area contributed by atoms with Gasteiger partial charge in [-0.3, -0.25) is 9.59 Å². The van der Waals surface area contributed by atoms with E-state index in [1.807, 2.05) is 7.11 Å². The van der Waals surface area contributed by atoms with E-state index in [0.717, 1.165) is 19.3 Å². The highest BCUT2D eigenvalue weighted by molar-refractivity contribution is 6.71. The van der Waals surface area contributed by atoms with Gasteiger partial charge in [-0.15, -0.1) is 0 Å². The van der Waals surface area contributed by atoms with Crippen molar-refractivity contribution in [3.8, 4) is 0 Å². The third-order valence-electron chi connectivity index (χ3n) is 3.92. The van der Waals surface area contributed by atoms with Gasteiger partial charge in [0.05, 0.1) is 0 Å². The second-order valence-electron chi connectivity index (χ2n) is 6.46. The molecule has 0 aliphatic carbocycles. The van der Waals surface area contributed by atoms with Gasteiger partial charge in [-0.2, -0.15) is 0 Å². The molecule has 0 spiro atoms. The van der Waals surface area contributed by atoms with Crippen LogP contribution in [0.3, 0.4) is 0 Å². The van der Waals surface area contributed by atoms with Crippen LogP contribution < -0.4 is 5.32 Å². The molecule has 2 N–H and O–H groups in total. The molecule has 0 unspecified atom stereocenters. The lowest BCUT2D eigenvalue weighted by Gasteiger charge is -2.19. The second kappa shape index (κ2) is 12.6. The summed E-state index contributed by atoms with van der Waals surface area (Å²) in [5.41, 5.74) is 0. The molecule has 0 aromatic rings. The van der Waals surface area contributed by atoms with Crippen LogP contribution in [0.5, 0.6) is 0 Å². The first-order valence-corrected chi connectivity index (χ1v) is 11.5. The number of hydrogen-bond acceptors (Lipinski definition) is 3. The van der Waals surface area contributed by atoms with Crippen molar-refractivity contribution in [2.75, 3.05) is 13.7 Å². The van der Waals surface area contributed by atoms with Crippen molar-refractivity contribution >= 4 is 20.2 Å². The fourth-order valence-corrected chi connectivity index (χ4v) is 3.57. The van der Waals surface area contributed by atoms with Crippen molar-refractivity contribution in [1.29, 1.82) is 0 Å². The quantitative estimate of drug-likeness (QED) is 0.377. The Morgan fingerprint density at radius 2 is 1.45 bits per heavy atom. The maximum Gasteiger partial charge on any atom is 0.322 e. The summed E-state index contributed by atoms with van der Waals surface area (Å²) >= 11 is 0. The van der Waals surface area contributed by atoms with E-state index >= 15 is 0 Å². The van der Waals surface area contributed by atoms with Gasteiger partial charge in [0, 0.05) is 13.5 Å². The average Bonchev–Trinajstić information content (AvgIpc) is 2.47. The van der Waals surface area contributed by atoms with Gasteiger partial charge in [0.15, 0.2) is 8.32 Å². The summed E-state index contributed by atoms with van der Waals surface area (Å²) in [5, 5.41) is 10.8. The van der Waals surface area contributed by atoms with E-state index in [1.165, 1.54) is 38.1 Å².